The van der Waals surface area contributed by atoms with Crippen LogP contribution in [0.5, 0.6) is 0 Å². The molecule has 98 valence electrons. The molecular formula is C13H9F3N2S. The van der Waals surface area contributed by atoms with Crippen molar-refractivity contribution >= 4 is 17.2 Å². The highest BCUT2D eigenvalue weighted by atomic mass is 32.1. The Morgan fingerprint density at radius 1 is 1.11 bits per heavy atom. The van der Waals surface area contributed by atoms with Gasteiger partial charge in [0, 0.05) is 17.3 Å². The molecule has 1 aromatic carbocycles. The molecule has 6 heteroatoms. The van der Waals surface area contributed by atoms with Crippen LogP contribution in [0.1, 0.15) is 11.1 Å². The van der Waals surface area contributed by atoms with Crippen molar-refractivity contribution in [1.82, 2.24) is 4.98 Å². The van der Waals surface area contributed by atoms with Crippen LogP contribution in [0.2, 0.25) is 0 Å². The lowest BCUT2D eigenvalue weighted by atomic mass is 10.1. The maximum atomic E-state index is 12.4. The second kappa shape index (κ2) is 4.97. The van der Waals surface area contributed by atoms with Crippen molar-refractivity contribution in [2.24, 2.45) is 5.73 Å². The third kappa shape index (κ3) is 3.08. The maximum absolute atomic E-state index is 12.4. The van der Waals surface area contributed by atoms with Gasteiger partial charge in [0.1, 0.15) is 4.99 Å². The summed E-state index contributed by atoms with van der Waals surface area (Å²) in [6.07, 6.45) is -2.83. The van der Waals surface area contributed by atoms with Gasteiger partial charge in [0.2, 0.25) is 0 Å². The van der Waals surface area contributed by atoms with E-state index in [-0.39, 0.29) is 4.99 Å². The van der Waals surface area contributed by atoms with Crippen LogP contribution in [-0.4, -0.2) is 9.97 Å². The number of thiocarbonyl (C=S) groups is 1. The molecule has 0 unspecified atom stereocenters. The third-order valence-electron chi connectivity index (χ3n) is 2.55. The molecule has 2 aromatic rings. The summed E-state index contributed by atoms with van der Waals surface area (Å²) in [6, 6.07) is 8.07. The van der Waals surface area contributed by atoms with Gasteiger partial charge in [0.05, 0.1) is 11.3 Å². The summed E-state index contributed by atoms with van der Waals surface area (Å²) in [5, 5.41) is 0. The van der Waals surface area contributed by atoms with Crippen LogP contribution in [0.4, 0.5) is 13.2 Å². The number of hydrogen-bond donors (Lipinski definition) is 1. The van der Waals surface area contributed by atoms with E-state index in [1.54, 1.807) is 12.1 Å². The SMILES string of the molecule is NC(=S)c1ccnc(-c2ccc(C(F)(F)F)cc2)c1. The molecule has 19 heavy (non-hydrogen) atoms. The molecule has 0 atom stereocenters. The number of pyridine rings is 1. The van der Waals surface area contributed by atoms with Gasteiger partial charge in [0.15, 0.2) is 0 Å². The van der Waals surface area contributed by atoms with E-state index >= 15 is 0 Å². The first-order chi connectivity index (χ1) is 8.88. The normalized spacial score (nSPS) is 11.3. The lowest BCUT2D eigenvalue weighted by molar-refractivity contribution is -0.137. The van der Waals surface area contributed by atoms with E-state index in [9.17, 15) is 13.2 Å². The minimum Gasteiger partial charge on any atom is -0.389 e. The predicted octanol–water partition coefficient (Wildman–Crippen LogP) is 3.40. The highest BCUT2D eigenvalue weighted by Gasteiger charge is 2.29. The zero-order valence-electron chi connectivity index (χ0n) is 9.61. The van der Waals surface area contributed by atoms with Crippen molar-refractivity contribution in [2.45, 2.75) is 6.18 Å². The van der Waals surface area contributed by atoms with Gasteiger partial charge in [-0.25, -0.2) is 0 Å². The molecule has 2 rings (SSSR count). The molecule has 0 aliphatic heterocycles. The minimum atomic E-state index is -4.34. The fourth-order valence-corrected chi connectivity index (χ4v) is 1.70. The van der Waals surface area contributed by atoms with Crippen molar-refractivity contribution in [2.75, 3.05) is 0 Å². The summed E-state index contributed by atoms with van der Waals surface area (Å²) in [7, 11) is 0. The highest BCUT2D eigenvalue weighted by molar-refractivity contribution is 7.80. The van der Waals surface area contributed by atoms with Crippen molar-refractivity contribution < 1.29 is 13.2 Å². The number of nitrogens with two attached hydrogens (primary N) is 1. The molecule has 0 fully saturated rings. The lowest BCUT2D eigenvalue weighted by Crippen LogP contribution is -2.09. The number of aromatic nitrogens is 1. The van der Waals surface area contributed by atoms with Crippen molar-refractivity contribution in [3.05, 3.63) is 53.7 Å². The number of nitrogens with zero attached hydrogens (tertiary/aromatic N) is 1. The van der Waals surface area contributed by atoms with Crippen molar-refractivity contribution in [3.63, 3.8) is 0 Å². The van der Waals surface area contributed by atoms with Crippen LogP contribution in [-0.2, 0) is 6.18 Å². The molecule has 0 aliphatic carbocycles. The van der Waals surface area contributed by atoms with E-state index in [1.807, 2.05) is 0 Å². The Hall–Kier alpha value is -1.95. The predicted molar refractivity (Wildman–Crippen MR) is 70.6 cm³/mol. The number of hydrogen-bond acceptors (Lipinski definition) is 2. The Balaban J connectivity index is 2.37. The van der Waals surface area contributed by atoms with Gasteiger partial charge < -0.3 is 5.73 Å². The van der Waals surface area contributed by atoms with Gasteiger partial charge in [0.25, 0.3) is 0 Å². The van der Waals surface area contributed by atoms with Crippen molar-refractivity contribution in [3.8, 4) is 11.3 Å². The van der Waals surface area contributed by atoms with E-state index in [1.165, 1.54) is 18.3 Å². The molecule has 0 saturated heterocycles. The Bertz CT molecular complexity index is 606. The second-order valence-corrected chi connectivity index (χ2v) is 4.31. The lowest BCUT2D eigenvalue weighted by Gasteiger charge is -2.08. The quantitative estimate of drug-likeness (QED) is 0.858. The summed E-state index contributed by atoms with van der Waals surface area (Å²) >= 11 is 4.84. The Morgan fingerprint density at radius 2 is 1.74 bits per heavy atom. The molecule has 1 aromatic heterocycles. The summed E-state index contributed by atoms with van der Waals surface area (Å²) in [5.41, 5.74) is 6.53. The molecule has 1 heterocycles. The summed E-state index contributed by atoms with van der Waals surface area (Å²) in [5.74, 6) is 0. The number of benzene rings is 1. The average Bonchev–Trinajstić information content (AvgIpc) is 2.38. The third-order valence-corrected chi connectivity index (χ3v) is 2.79. The molecule has 0 spiro atoms. The van der Waals surface area contributed by atoms with E-state index in [2.05, 4.69) is 4.98 Å². The molecule has 0 radical (unpaired) electrons. The van der Waals surface area contributed by atoms with Gasteiger partial charge in [-0.3, -0.25) is 4.98 Å². The van der Waals surface area contributed by atoms with Gasteiger partial charge in [-0.1, -0.05) is 24.4 Å². The number of rotatable bonds is 2. The van der Waals surface area contributed by atoms with Crippen LogP contribution >= 0.6 is 12.2 Å². The first kappa shape index (κ1) is 13.5. The molecule has 2 N–H and O–H groups in total. The molecular weight excluding hydrogens is 273 g/mol. The van der Waals surface area contributed by atoms with E-state index in [4.69, 9.17) is 18.0 Å². The first-order valence-corrected chi connectivity index (χ1v) is 5.72. The Labute approximate surface area is 113 Å². The Morgan fingerprint density at radius 3 is 2.26 bits per heavy atom. The van der Waals surface area contributed by atoms with E-state index in [0.717, 1.165) is 12.1 Å². The first-order valence-electron chi connectivity index (χ1n) is 5.31. The molecule has 2 nitrogen and oxygen atoms in total. The zero-order valence-corrected chi connectivity index (χ0v) is 10.4. The van der Waals surface area contributed by atoms with Gasteiger partial charge in [-0.15, -0.1) is 0 Å². The van der Waals surface area contributed by atoms with Gasteiger partial charge in [-0.2, -0.15) is 13.2 Å². The fraction of sp³-hybridized carbons (Fsp3) is 0.0769. The zero-order chi connectivity index (χ0) is 14.0. The molecule has 0 aliphatic rings. The summed E-state index contributed by atoms with van der Waals surface area (Å²) < 4.78 is 37.3. The summed E-state index contributed by atoms with van der Waals surface area (Å²) in [6.45, 7) is 0. The highest BCUT2D eigenvalue weighted by Crippen LogP contribution is 2.30. The van der Waals surface area contributed by atoms with Gasteiger partial charge >= 0.3 is 6.18 Å². The van der Waals surface area contributed by atoms with Crippen molar-refractivity contribution in [1.29, 1.82) is 0 Å². The topological polar surface area (TPSA) is 38.9 Å². The van der Waals surface area contributed by atoms with Gasteiger partial charge in [-0.05, 0) is 24.3 Å². The monoisotopic (exact) mass is 282 g/mol. The van der Waals surface area contributed by atoms with E-state index in [0.29, 0.717) is 16.8 Å². The van der Waals surface area contributed by atoms with E-state index < -0.39 is 11.7 Å². The largest absolute Gasteiger partial charge is 0.416 e. The number of halogens is 3. The second-order valence-electron chi connectivity index (χ2n) is 3.87. The smallest absolute Gasteiger partial charge is 0.389 e. The van der Waals surface area contributed by atoms with Crippen LogP contribution in [0.3, 0.4) is 0 Å². The van der Waals surface area contributed by atoms with Crippen LogP contribution in [0, 0.1) is 0 Å². The summed E-state index contributed by atoms with van der Waals surface area (Å²) in [4.78, 5) is 4.31. The fourth-order valence-electron chi connectivity index (χ4n) is 1.57. The number of alkyl halides is 3. The maximum Gasteiger partial charge on any atom is 0.416 e. The molecule has 0 saturated carbocycles. The van der Waals surface area contributed by atoms with Crippen LogP contribution < -0.4 is 5.73 Å². The molecule has 0 amide bonds. The average molecular weight is 282 g/mol. The minimum absolute atomic E-state index is 0.218. The Kier molecular flexibility index (Phi) is 3.53. The standard InChI is InChI=1S/C13H9F3N2S/c14-13(15,16)10-3-1-8(2-4-10)11-7-9(12(17)19)5-6-18-11/h1-7H,(H2,17,19). The molecule has 0 bridgehead atoms. The van der Waals surface area contributed by atoms with Crippen LogP contribution in [0.15, 0.2) is 42.6 Å². The van der Waals surface area contributed by atoms with Crippen LogP contribution in [0.25, 0.3) is 11.3 Å².